The lowest BCUT2D eigenvalue weighted by Gasteiger charge is -2.31. The lowest BCUT2D eigenvalue weighted by atomic mass is 9.84. The monoisotopic (exact) mass is 217 g/mol. The highest BCUT2D eigenvalue weighted by molar-refractivity contribution is 5.79. The SMILES string of the molecule is CC(C)(C)CC(C)(C)OC(=O)OC(N)=O. The summed E-state index contributed by atoms with van der Waals surface area (Å²) in [7, 11) is 0. The normalized spacial score (nSPS) is 12.1. The number of ether oxygens (including phenoxy) is 2. The first-order chi connectivity index (χ1) is 6.52. The van der Waals surface area contributed by atoms with Crippen LogP contribution in [0.1, 0.15) is 41.0 Å². The van der Waals surface area contributed by atoms with Crippen LogP contribution < -0.4 is 5.73 Å². The van der Waals surface area contributed by atoms with E-state index in [1.165, 1.54) is 0 Å². The number of carbonyl (C=O) groups excluding carboxylic acids is 2. The van der Waals surface area contributed by atoms with Crippen LogP contribution in [-0.4, -0.2) is 17.8 Å². The molecule has 0 aliphatic heterocycles. The van der Waals surface area contributed by atoms with Crippen molar-refractivity contribution in [1.29, 1.82) is 0 Å². The predicted octanol–water partition coefficient (Wildman–Crippen LogP) is 2.43. The van der Waals surface area contributed by atoms with Crippen LogP contribution in [0.2, 0.25) is 0 Å². The molecule has 15 heavy (non-hydrogen) atoms. The summed E-state index contributed by atoms with van der Waals surface area (Å²) < 4.78 is 9.04. The third kappa shape index (κ3) is 7.78. The molecule has 0 saturated heterocycles. The summed E-state index contributed by atoms with van der Waals surface area (Å²) in [6.07, 6.45) is -1.57. The van der Waals surface area contributed by atoms with Crippen LogP contribution in [0, 0.1) is 5.41 Å². The minimum absolute atomic E-state index is 0.0104. The number of hydrogen-bond acceptors (Lipinski definition) is 4. The van der Waals surface area contributed by atoms with Crippen molar-refractivity contribution in [1.82, 2.24) is 0 Å². The molecule has 5 nitrogen and oxygen atoms in total. The fraction of sp³-hybridized carbons (Fsp3) is 0.800. The van der Waals surface area contributed by atoms with E-state index in [0.717, 1.165) is 0 Å². The second kappa shape index (κ2) is 4.51. The Morgan fingerprint density at radius 3 is 1.93 bits per heavy atom. The molecule has 0 spiro atoms. The van der Waals surface area contributed by atoms with E-state index in [1.807, 2.05) is 20.8 Å². The Morgan fingerprint density at radius 1 is 1.13 bits per heavy atom. The zero-order valence-corrected chi connectivity index (χ0v) is 9.92. The van der Waals surface area contributed by atoms with Crippen molar-refractivity contribution in [3.05, 3.63) is 0 Å². The minimum Gasteiger partial charge on any atom is -0.428 e. The molecule has 0 atom stereocenters. The average molecular weight is 217 g/mol. The Labute approximate surface area is 89.9 Å². The molecule has 0 aliphatic rings. The van der Waals surface area contributed by atoms with Gasteiger partial charge in [-0.25, -0.2) is 9.59 Å². The molecule has 88 valence electrons. The van der Waals surface area contributed by atoms with E-state index >= 15 is 0 Å². The second-order valence-corrected chi connectivity index (χ2v) is 5.27. The molecule has 0 bridgehead atoms. The van der Waals surface area contributed by atoms with Gasteiger partial charge in [0.25, 0.3) is 0 Å². The van der Waals surface area contributed by atoms with E-state index < -0.39 is 17.8 Å². The number of rotatable bonds is 2. The van der Waals surface area contributed by atoms with Crippen LogP contribution in [0.4, 0.5) is 9.59 Å². The Kier molecular flexibility index (Phi) is 4.13. The lowest BCUT2D eigenvalue weighted by Crippen LogP contribution is -2.34. The lowest BCUT2D eigenvalue weighted by molar-refractivity contribution is -0.0205. The molecular weight excluding hydrogens is 198 g/mol. The summed E-state index contributed by atoms with van der Waals surface area (Å²) in [4.78, 5) is 21.3. The standard InChI is InChI=1S/C10H19NO4/c1-9(2,3)6-10(4,5)15-8(13)14-7(11)12/h6H2,1-5H3,(H2,11,12). The van der Waals surface area contributed by atoms with Gasteiger partial charge in [0.1, 0.15) is 5.60 Å². The van der Waals surface area contributed by atoms with Crippen molar-refractivity contribution in [2.75, 3.05) is 0 Å². The summed E-state index contributed by atoms with van der Waals surface area (Å²) in [5.74, 6) is 0. The van der Waals surface area contributed by atoms with Crippen molar-refractivity contribution in [2.24, 2.45) is 11.1 Å². The summed E-state index contributed by atoms with van der Waals surface area (Å²) in [5.41, 5.74) is 4.00. The second-order valence-electron chi connectivity index (χ2n) is 5.27. The van der Waals surface area contributed by atoms with Crippen molar-refractivity contribution in [2.45, 2.75) is 46.6 Å². The van der Waals surface area contributed by atoms with Gasteiger partial charge in [-0.3, -0.25) is 0 Å². The summed E-state index contributed by atoms with van der Waals surface area (Å²) >= 11 is 0. The van der Waals surface area contributed by atoms with Crippen LogP contribution in [0.3, 0.4) is 0 Å². The molecule has 0 fully saturated rings. The molecule has 0 aliphatic carbocycles. The molecular formula is C10H19NO4. The minimum atomic E-state index is -1.16. The fourth-order valence-corrected chi connectivity index (χ4v) is 1.64. The quantitative estimate of drug-likeness (QED) is 0.569. The molecule has 0 aromatic rings. The predicted molar refractivity (Wildman–Crippen MR) is 55.3 cm³/mol. The van der Waals surface area contributed by atoms with Gasteiger partial charge in [-0.2, -0.15) is 0 Å². The van der Waals surface area contributed by atoms with Gasteiger partial charge in [0.05, 0.1) is 0 Å². The van der Waals surface area contributed by atoms with E-state index in [0.29, 0.717) is 6.42 Å². The molecule has 0 radical (unpaired) electrons. The molecule has 0 saturated carbocycles. The summed E-state index contributed by atoms with van der Waals surface area (Å²) in [6.45, 7) is 9.58. The number of carbonyl (C=O) groups is 2. The maximum absolute atomic E-state index is 11.0. The molecule has 0 aromatic carbocycles. The molecule has 0 unspecified atom stereocenters. The van der Waals surface area contributed by atoms with Crippen LogP contribution >= 0.6 is 0 Å². The van der Waals surface area contributed by atoms with Gasteiger partial charge in [-0.05, 0) is 25.7 Å². The molecule has 1 amide bonds. The Morgan fingerprint density at radius 2 is 1.60 bits per heavy atom. The first-order valence-electron chi connectivity index (χ1n) is 4.72. The van der Waals surface area contributed by atoms with Crippen LogP contribution in [0.5, 0.6) is 0 Å². The van der Waals surface area contributed by atoms with Crippen LogP contribution in [-0.2, 0) is 9.47 Å². The number of primary amides is 1. The number of hydrogen-bond donors (Lipinski definition) is 1. The van der Waals surface area contributed by atoms with E-state index in [9.17, 15) is 9.59 Å². The van der Waals surface area contributed by atoms with Gasteiger partial charge >= 0.3 is 12.2 Å². The largest absolute Gasteiger partial charge is 0.517 e. The van der Waals surface area contributed by atoms with E-state index in [-0.39, 0.29) is 5.41 Å². The van der Waals surface area contributed by atoms with Crippen molar-refractivity contribution in [3.63, 3.8) is 0 Å². The Balaban J connectivity index is 4.25. The summed E-state index contributed by atoms with van der Waals surface area (Å²) in [5, 5.41) is 0. The molecule has 0 rings (SSSR count). The van der Waals surface area contributed by atoms with Gasteiger partial charge in [-0.15, -0.1) is 0 Å². The number of amides is 1. The van der Waals surface area contributed by atoms with E-state index in [2.05, 4.69) is 10.5 Å². The first-order valence-corrected chi connectivity index (χ1v) is 4.72. The fourth-order valence-electron chi connectivity index (χ4n) is 1.64. The molecule has 2 N–H and O–H groups in total. The van der Waals surface area contributed by atoms with Crippen molar-refractivity contribution in [3.8, 4) is 0 Å². The Bertz CT molecular complexity index is 253. The zero-order chi connectivity index (χ0) is 12.3. The van der Waals surface area contributed by atoms with Gasteiger partial charge in [0.2, 0.25) is 0 Å². The highest BCUT2D eigenvalue weighted by Gasteiger charge is 2.30. The van der Waals surface area contributed by atoms with E-state index in [1.54, 1.807) is 13.8 Å². The van der Waals surface area contributed by atoms with Crippen LogP contribution in [0.25, 0.3) is 0 Å². The molecule has 0 aromatic heterocycles. The highest BCUT2D eigenvalue weighted by atomic mass is 16.8. The van der Waals surface area contributed by atoms with Gasteiger partial charge < -0.3 is 15.2 Å². The van der Waals surface area contributed by atoms with Gasteiger partial charge in [0, 0.05) is 0 Å². The van der Waals surface area contributed by atoms with Crippen molar-refractivity contribution >= 4 is 12.2 Å². The van der Waals surface area contributed by atoms with Crippen LogP contribution in [0.15, 0.2) is 0 Å². The first kappa shape index (κ1) is 13.7. The summed E-state index contributed by atoms with van der Waals surface area (Å²) in [6, 6.07) is 0. The third-order valence-corrected chi connectivity index (χ3v) is 1.50. The third-order valence-electron chi connectivity index (χ3n) is 1.50. The average Bonchev–Trinajstić information content (AvgIpc) is 1.73. The smallest absolute Gasteiger partial charge is 0.428 e. The highest BCUT2D eigenvalue weighted by Crippen LogP contribution is 2.29. The topological polar surface area (TPSA) is 78.6 Å². The Hall–Kier alpha value is -1.26. The number of nitrogens with two attached hydrogens (primary N) is 1. The maximum Gasteiger partial charge on any atom is 0.517 e. The van der Waals surface area contributed by atoms with Gasteiger partial charge in [-0.1, -0.05) is 20.8 Å². The zero-order valence-electron chi connectivity index (χ0n) is 9.92. The molecule has 0 heterocycles. The van der Waals surface area contributed by atoms with E-state index in [4.69, 9.17) is 4.74 Å². The van der Waals surface area contributed by atoms with Gasteiger partial charge in [0.15, 0.2) is 0 Å². The van der Waals surface area contributed by atoms with Crippen molar-refractivity contribution < 1.29 is 19.1 Å². The maximum atomic E-state index is 11.0. The molecule has 5 heteroatoms.